The molecule has 12 heteroatoms. The number of nitrogens with zero attached hydrogens (tertiary/aromatic N) is 2. The van der Waals surface area contributed by atoms with Crippen LogP contribution in [0.1, 0.15) is 21.3 Å². The Kier molecular flexibility index (Phi) is 9.42. The number of aromatic nitrogens is 2. The molecule has 0 saturated carbocycles. The molecule has 2 heterocycles. The van der Waals surface area contributed by atoms with Crippen LogP contribution in [-0.4, -0.2) is 41.2 Å². The zero-order valence-corrected chi connectivity index (χ0v) is 19.6. The fraction of sp³-hybridized carbons (Fsp3) is 0.167. The molecule has 36 heavy (non-hydrogen) atoms. The summed E-state index contributed by atoms with van der Waals surface area (Å²) in [6.07, 6.45) is 1.51. The zero-order chi connectivity index (χ0) is 26.0. The molecule has 0 aliphatic rings. The summed E-state index contributed by atoms with van der Waals surface area (Å²) in [6.45, 7) is 4.13. The molecule has 2 amide bonds. The lowest BCUT2D eigenvalue weighted by Crippen LogP contribution is -2.35. The molecular weight excluding hydrogens is 495 g/mol. The van der Waals surface area contributed by atoms with Crippen LogP contribution in [0.25, 0.3) is 0 Å². The molecule has 2 aromatic heterocycles. The largest absolute Gasteiger partial charge is 0.573 e. The molecular formula is C24H22F3N5O3S. The molecule has 0 radical (unpaired) electrons. The van der Waals surface area contributed by atoms with Crippen LogP contribution in [0, 0.1) is 0 Å². The summed E-state index contributed by atoms with van der Waals surface area (Å²) in [5.41, 5.74) is 1.22. The monoisotopic (exact) mass is 517 g/mol. The van der Waals surface area contributed by atoms with Crippen molar-refractivity contribution in [1.82, 2.24) is 20.6 Å². The molecule has 1 aromatic carbocycles. The van der Waals surface area contributed by atoms with E-state index in [2.05, 4.69) is 37.2 Å². The average Bonchev–Trinajstić information content (AvgIpc) is 2.85. The van der Waals surface area contributed by atoms with Gasteiger partial charge in [0.15, 0.2) is 0 Å². The summed E-state index contributed by atoms with van der Waals surface area (Å²) in [5, 5.41) is 8.22. The highest BCUT2D eigenvalue weighted by Crippen LogP contribution is 2.34. The zero-order valence-electron chi connectivity index (χ0n) is 18.8. The van der Waals surface area contributed by atoms with Crippen molar-refractivity contribution < 1.29 is 27.5 Å². The van der Waals surface area contributed by atoms with Crippen LogP contribution in [0.3, 0.4) is 0 Å². The van der Waals surface area contributed by atoms with Crippen molar-refractivity contribution >= 4 is 29.3 Å². The van der Waals surface area contributed by atoms with Gasteiger partial charge in [0.05, 0.1) is 12.1 Å². The fourth-order valence-electron chi connectivity index (χ4n) is 2.91. The van der Waals surface area contributed by atoms with E-state index in [1.165, 1.54) is 18.3 Å². The fourth-order valence-corrected chi connectivity index (χ4v) is 4.03. The Morgan fingerprint density at radius 3 is 2.47 bits per heavy atom. The number of rotatable bonds is 11. The number of pyridine rings is 2. The molecule has 1 atom stereocenters. The first-order valence-electron chi connectivity index (χ1n) is 10.5. The predicted octanol–water partition coefficient (Wildman–Crippen LogP) is 4.31. The van der Waals surface area contributed by atoms with Crippen molar-refractivity contribution in [3.63, 3.8) is 0 Å². The molecule has 8 nitrogen and oxygen atoms in total. The number of ether oxygens (including phenoxy) is 1. The van der Waals surface area contributed by atoms with E-state index in [0.29, 0.717) is 11.6 Å². The smallest absolute Gasteiger partial charge is 0.406 e. The number of nitrogens with one attached hydrogen (secondary N) is 3. The number of carbonyl (C=O) groups excluding carboxylic acids is 2. The maximum Gasteiger partial charge on any atom is 0.573 e. The average molecular weight is 518 g/mol. The number of hydrogen-bond donors (Lipinski definition) is 3. The number of alkyl halides is 3. The Hall–Kier alpha value is -3.90. The number of anilines is 1. The predicted molar refractivity (Wildman–Crippen MR) is 129 cm³/mol. The Morgan fingerprint density at radius 2 is 1.81 bits per heavy atom. The van der Waals surface area contributed by atoms with E-state index < -0.39 is 23.4 Å². The third-order valence-corrected chi connectivity index (χ3v) is 5.64. The summed E-state index contributed by atoms with van der Waals surface area (Å²) in [7, 11) is 0. The highest BCUT2D eigenvalue weighted by molar-refractivity contribution is 7.99. The van der Waals surface area contributed by atoms with Crippen LogP contribution < -0.4 is 20.7 Å². The molecule has 3 N–H and O–H groups in total. The summed E-state index contributed by atoms with van der Waals surface area (Å²) >= 11 is 1.16. The number of halogens is 3. The SMILES string of the molecule is C=CCNCC(=O)NC(Sc1ncccc1C(=O)Nc1ccc(OC(F)(F)F)cc1)c1ccncc1. The highest BCUT2D eigenvalue weighted by Gasteiger charge is 2.31. The summed E-state index contributed by atoms with van der Waals surface area (Å²) < 4.78 is 40.9. The van der Waals surface area contributed by atoms with Crippen LogP contribution in [0.15, 0.2) is 84.8 Å². The molecule has 1 unspecified atom stereocenters. The van der Waals surface area contributed by atoms with Gasteiger partial charge in [0.1, 0.15) is 16.1 Å². The van der Waals surface area contributed by atoms with Crippen LogP contribution in [0.4, 0.5) is 18.9 Å². The maximum absolute atomic E-state index is 13.0. The van der Waals surface area contributed by atoms with E-state index in [9.17, 15) is 22.8 Å². The maximum atomic E-state index is 13.0. The number of carbonyl (C=O) groups is 2. The second-order valence-electron chi connectivity index (χ2n) is 7.15. The molecule has 0 aliphatic heterocycles. The van der Waals surface area contributed by atoms with Gasteiger partial charge in [0, 0.05) is 30.8 Å². The highest BCUT2D eigenvalue weighted by atomic mass is 32.2. The van der Waals surface area contributed by atoms with Crippen molar-refractivity contribution in [3.05, 3.63) is 90.9 Å². The second kappa shape index (κ2) is 12.7. The van der Waals surface area contributed by atoms with Crippen molar-refractivity contribution in [3.8, 4) is 5.75 Å². The lowest BCUT2D eigenvalue weighted by atomic mass is 10.2. The Bertz CT molecular complexity index is 1180. The van der Waals surface area contributed by atoms with Crippen LogP contribution in [0.2, 0.25) is 0 Å². The Balaban J connectivity index is 1.76. The lowest BCUT2D eigenvalue weighted by molar-refractivity contribution is -0.274. The molecule has 0 bridgehead atoms. The van der Waals surface area contributed by atoms with Gasteiger partial charge in [-0.05, 0) is 54.1 Å². The van der Waals surface area contributed by atoms with Crippen LogP contribution in [0.5, 0.6) is 5.75 Å². The van der Waals surface area contributed by atoms with E-state index in [1.807, 2.05) is 0 Å². The first kappa shape index (κ1) is 26.7. The van der Waals surface area contributed by atoms with Crippen molar-refractivity contribution in [2.24, 2.45) is 0 Å². The van der Waals surface area contributed by atoms with E-state index in [-0.39, 0.29) is 23.7 Å². The second-order valence-corrected chi connectivity index (χ2v) is 8.24. The van der Waals surface area contributed by atoms with Gasteiger partial charge in [0.25, 0.3) is 5.91 Å². The Labute approximate surface area is 209 Å². The normalized spacial score (nSPS) is 11.9. The van der Waals surface area contributed by atoms with Gasteiger partial charge in [-0.15, -0.1) is 19.8 Å². The van der Waals surface area contributed by atoms with E-state index >= 15 is 0 Å². The van der Waals surface area contributed by atoms with Crippen LogP contribution >= 0.6 is 11.8 Å². The molecule has 0 spiro atoms. The van der Waals surface area contributed by atoms with Gasteiger partial charge >= 0.3 is 6.36 Å². The van der Waals surface area contributed by atoms with Gasteiger partial charge in [-0.2, -0.15) is 0 Å². The third kappa shape index (κ3) is 8.40. The van der Waals surface area contributed by atoms with Gasteiger partial charge in [-0.3, -0.25) is 14.6 Å². The Morgan fingerprint density at radius 1 is 1.08 bits per heavy atom. The molecule has 0 fully saturated rings. The van der Waals surface area contributed by atoms with Crippen molar-refractivity contribution in [2.75, 3.05) is 18.4 Å². The minimum atomic E-state index is -4.81. The van der Waals surface area contributed by atoms with Gasteiger partial charge in [0.2, 0.25) is 5.91 Å². The summed E-state index contributed by atoms with van der Waals surface area (Å²) in [4.78, 5) is 33.7. The molecule has 3 aromatic rings. The minimum Gasteiger partial charge on any atom is -0.406 e. The third-order valence-electron chi connectivity index (χ3n) is 4.47. The molecule has 3 rings (SSSR count). The molecule has 0 saturated heterocycles. The summed E-state index contributed by atoms with van der Waals surface area (Å²) in [5.74, 6) is -1.20. The van der Waals surface area contributed by atoms with Gasteiger partial charge in [-0.1, -0.05) is 17.8 Å². The standard InChI is InChI=1S/C24H22F3N5O3S/c1-2-11-29-15-20(33)32-22(16-9-13-28-14-10-16)36-23-19(4-3-12-30-23)21(34)31-17-5-7-18(8-6-17)35-24(25,26)27/h2-10,12-14,22,29H,1,11,15H2,(H,31,34)(H,32,33). The first-order valence-corrected chi connectivity index (χ1v) is 11.4. The van der Waals surface area contributed by atoms with Gasteiger partial charge < -0.3 is 20.7 Å². The van der Waals surface area contributed by atoms with E-state index in [1.54, 1.807) is 42.7 Å². The minimum absolute atomic E-state index is 0.0672. The lowest BCUT2D eigenvalue weighted by Gasteiger charge is -2.19. The van der Waals surface area contributed by atoms with E-state index in [0.717, 1.165) is 29.5 Å². The molecule has 0 aliphatic carbocycles. The van der Waals surface area contributed by atoms with Crippen molar-refractivity contribution in [1.29, 1.82) is 0 Å². The summed E-state index contributed by atoms with van der Waals surface area (Å²) in [6, 6.07) is 11.4. The number of hydrogen-bond acceptors (Lipinski definition) is 7. The van der Waals surface area contributed by atoms with Crippen molar-refractivity contribution in [2.45, 2.75) is 16.8 Å². The first-order chi connectivity index (χ1) is 17.2. The quantitative estimate of drug-likeness (QED) is 0.151. The number of amides is 2. The van der Waals surface area contributed by atoms with Gasteiger partial charge in [-0.25, -0.2) is 4.98 Å². The molecule has 188 valence electrons. The number of benzene rings is 1. The topological polar surface area (TPSA) is 105 Å². The van der Waals surface area contributed by atoms with E-state index in [4.69, 9.17) is 0 Å². The number of thioether (sulfide) groups is 1. The van der Waals surface area contributed by atoms with Crippen LogP contribution in [-0.2, 0) is 4.79 Å².